The van der Waals surface area contributed by atoms with E-state index in [9.17, 15) is 0 Å². The number of benzene rings is 2. The van der Waals surface area contributed by atoms with Gasteiger partial charge in [-0.3, -0.25) is 0 Å². The average molecular weight is 278 g/mol. The molecule has 0 saturated carbocycles. The maximum atomic E-state index is 5.85. The van der Waals surface area contributed by atoms with E-state index in [1.54, 1.807) is 0 Å². The number of ether oxygens (including phenoxy) is 1. The van der Waals surface area contributed by atoms with Crippen molar-refractivity contribution in [1.82, 2.24) is 0 Å². The highest BCUT2D eigenvalue weighted by molar-refractivity contribution is 5.56. The highest BCUT2D eigenvalue weighted by Crippen LogP contribution is 2.19. The van der Waals surface area contributed by atoms with Gasteiger partial charge in [0, 0.05) is 0 Å². The molecule has 0 fully saturated rings. The van der Waals surface area contributed by atoms with Crippen molar-refractivity contribution in [1.29, 1.82) is 0 Å². The van der Waals surface area contributed by atoms with Gasteiger partial charge in [0.15, 0.2) is 0 Å². The normalized spacial score (nSPS) is 10.3. The smallest absolute Gasteiger partial charge is 0.0727 e. The van der Waals surface area contributed by atoms with Crippen LogP contribution in [0.15, 0.2) is 61.7 Å². The second kappa shape index (κ2) is 7.61. The molecule has 2 aromatic rings. The Kier molecular flexibility index (Phi) is 5.53. The first-order chi connectivity index (χ1) is 10.2. The van der Waals surface area contributed by atoms with Crippen LogP contribution in [0.1, 0.15) is 27.8 Å². The van der Waals surface area contributed by atoms with E-state index in [2.05, 4.69) is 62.5 Å². The standard InChI is InChI=1S/C20H22O/c1-4-7-18-8-6-9-19(20(18)5-2)15-21-14-17-12-10-16(3)11-13-17/h4-6,8-13H,1-2,7,14-15H2,3H3. The van der Waals surface area contributed by atoms with Crippen LogP contribution in [-0.2, 0) is 24.4 Å². The highest BCUT2D eigenvalue weighted by atomic mass is 16.5. The zero-order valence-corrected chi connectivity index (χ0v) is 12.6. The fraction of sp³-hybridized carbons (Fsp3) is 0.200. The maximum Gasteiger partial charge on any atom is 0.0727 e. The molecule has 2 rings (SSSR count). The Bertz CT molecular complexity index is 608. The Labute approximate surface area is 127 Å². The Balaban J connectivity index is 2.02. The molecular weight excluding hydrogens is 256 g/mol. The lowest BCUT2D eigenvalue weighted by Crippen LogP contribution is -1.99. The number of aryl methyl sites for hydroxylation is 1. The van der Waals surface area contributed by atoms with Gasteiger partial charge in [-0.25, -0.2) is 0 Å². The van der Waals surface area contributed by atoms with Gasteiger partial charge in [0.25, 0.3) is 0 Å². The van der Waals surface area contributed by atoms with Crippen LogP contribution in [0, 0.1) is 6.92 Å². The van der Waals surface area contributed by atoms with Gasteiger partial charge in [-0.15, -0.1) is 6.58 Å². The van der Waals surface area contributed by atoms with Crippen LogP contribution in [0.3, 0.4) is 0 Å². The molecule has 0 atom stereocenters. The molecule has 108 valence electrons. The first-order valence-electron chi connectivity index (χ1n) is 7.22. The third-order valence-electron chi connectivity index (χ3n) is 3.50. The molecule has 1 heteroatoms. The van der Waals surface area contributed by atoms with Gasteiger partial charge in [0.1, 0.15) is 0 Å². The minimum absolute atomic E-state index is 0.597. The summed E-state index contributed by atoms with van der Waals surface area (Å²) in [6, 6.07) is 14.7. The quantitative estimate of drug-likeness (QED) is 0.641. The Morgan fingerprint density at radius 1 is 0.952 bits per heavy atom. The van der Waals surface area contributed by atoms with Crippen LogP contribution < -0.4 is 0 Å². The largest absolute Gasteiger partial charge is 0.372 e. The molecule has 0 heterocycles. The third-order valence-corrected chi connectivity index (χ3v) is 3.50. The van der Waals surface area contributed by atoms with Crippen molar-refractivity contribution in [2.75, 3.05) is 0 Å². The van der Waals surface area contributed by atoms with Gasteiger partial charge in [-0.05, 0) is 35.6 Å². The molecule has 1 nitrogen and oxygen atoms in total. The van der Waals surface area contributed by atoms with Gasteiger partial charge in [-0.1, -0.05) is 66.8 Å². The summed E-state index contributed by atoms with van der Waals surface area (Å²) in [4.78, 5) is 0. The van der Waals surface area contributed by atoms with E-state index in [1.165, 1.54) is 27.8 Å². The average Bonchev–Trinajstić information content (AvgIpc) is 2.50. The summed E-state index contributed by atoms with van der Waals surface area (Å²) in [7, 11) is 0. The van der Waals surface area contributed by atoms with Crippen molar-refractivity contribution in [2.45, 2.75) is 26.6 Å². The van der Waals surface area contributed by atoms with Crippen molar-refractivity contribution in [3.63, 3.8) is 0 Å². The molecule has 0 amide bonds. The van der Waals surface area contributed by atoms with E-state index in [0.29, 0.717) is 13.2 Å². The van der Waals surface area contributed by atoms with Crippen molar-refractivity contribution >= 4 is 6.08 Å². The second-order valence-electron chi connectivity index (χ2n) is 5.17. The van der Waals surface area contributed by atoms with Crippen molar-refractivity contribution in [3.05, 3.63) is 89.5 Å². The summed E-state index contributed by atoms with van der Waals surface area (Å²) in [6.07, 6.45) is 4.68. The summed E-state index contributed by atoms with van der Waals surface area (Å²) in [5, 5.41) is 0. The minimum atomic E-state index is 0.597. The van der Waals surface area contributed by atoms with Crippen molar-refractivity contribution in [2.24, 2.45) is 0 Å². The predicted molar refractivity (Wildman–Crippen MR) is 90.1 cm³/mol. The summed E-state index contributed by atoms with van der Waals surface area (Å²) < 4.78 is 5.85. The first kappa shape index (κ1) is 15.3. The Morgan fingerprint density at radius 3 is 2.33 bits per heavy atom. The molecule has 0 N–H and O–H groups in total. The molecule has 0 aromatic heterocycles. The molecule has 0 aliphatic carbocycles. The SMILES string of the molecule is C=CCc1cccc(COCc2ccc(C)cc2)c1C=C. The van der Waals surface area contributed by atoms with Crippen LogP contribution in [0.2, 0.25) is 0 Å². The van der Waals surface area contributed by atoms with Gasteiger partial charge in [0.05, 0.1) is 13.2 Å². The second-order valence-corrected chi connectivity index (χ2v) is 5.17. The maximum absolute atomic E-state index is 5.85. The molecule has 0 aliphatic rings. The number of rotatable bonds is 7. The zero-order chi connectivity index (χ0) is 15.1. The topological polar surface area (TPSA) is 9.23 Å². The number of hydrogen-bond donors (Lipinski definition) is 0. The van der Waals surface area contributed by atoms with E-state index < -0.39 is 0 Å². The lowest BCUT2D eigenvalue weighted by molar-refractivity contribution is 0.107. The van der Waals surface area contributed by atoms with Gasteiger partial charge >= 0.3 is 0 Å². The molecule has 0 aliphatic heterocycles. The first-order valence-corrected chi connectivity index (χ1v) is 7.22. The molecule has 0 spiro atoms. The number of allylic oxidation sites excluding steroid dienone is 1. The minimum Gasteiger partial charge on any atom is -0.372 e. The Morgan fingerprint density at radius 2 is 1.67 bits per heavy atom. The zero-order valence-electron chi connectivity index (χ0n) is 12.6. The molecule has 21 heavy (non-hydrogen) atoms. The van der Waals surface area contributed by atoms with Crippen LogP contribution in [0.4, 0.5) is 0 Å². The fourth-order valence-corrected chi connectivity index (χ4v) is 2.35. The molecule has 0 unspecified atom stereocenters. The summed E-state index contributed by atoms with van der Waals surface area (Å²) in [5.74, 6) is 0. The molecule has 0 radical (unpaired) electrons. The van der Waals surface area contributed by atoms with E-state index in [0.717, 1.165) is 6.42 Å². The van der Waals surface area contributed by atoms with E-state index in [4.69, 9.17) is 4.74 Å². The summed E-state index contributed by atoms with van der Waals surface area (Å²) in [6.45, 7) is 11.0. The van der Waals surface area contributed by atoms with Crippen LogP contribution >= 0.6 is 0 Å². The molecule has 0 saturated heterocycles. The van der Waals surface area contributed by atoms with Crippen molar-refractivity contribution in [3.8, 4) is 0 Å². The fourth-order valence-electron chi connectivity index (χ4n) is 2.35. The van der Waals surface area contributed by atoms with E-state index in [1.807, 2.05) is 12.2 Å². The Hall–Kier alpha value is -2.12. The highest BCUT2D eigenvalue weighted by Gasteiger charge is 2.04. The lowest BCUT2D eigenvalue weighted by Gasteiger charge is -2.11. The van der Waals surface area contributed by atoms with Gasteiger partial charge < -0.3 is 4.74 Å². The van der Waals surface area contributed by atoms with Crippen LogP contribution in [-0.4, -0.2) is 0 Å². The third kappa shape index (κ3) is 4.17. The van der Waals surface area contributed by atoms with Crippen LogP contribution in [0.25, 0.3) is 6.08 Å². The lowest BCUT2D eigenvalue weighted by atomic mass is 9.99. The number of hydrogen-bond acceptors (Lipinski definition) is 1. The van der Waals surface area contributed by atoms with Crippen molar-refractivity contribution < 1.29 is 4.74 Å². The van der Waals surface area contributed by atoms with Gasteiger partial charge in [0.2, 0.25) is 0 Å². The summed E-state index contributed by atoms with van der Waals surface area (Å²) >= 11 is 0. The molecule has 2 aromatic carbocycles. The molecule has 0 bridgehead atoms. The van der Waals surface area contributed by atoms with Gasteiger partial charge in [-0.2, -0.15) is 0 Å². The molecular formula is C20H22O. The van der Waals surface area contributed by atoms with E-state index >= 15 is 0 Å². The summed E-state index contributed by atoms with van der Waals surface area (Å²) in [5.41, 5.74) is 6.06. The van der Waals surface area contributed by atoms with E-state index in [-0.39, 0.29) is 0 Å². The monoisotopic (exact) mass is 278 g/mol. The van der Waals surface area contributed by atoms with Crippen LogP contribution in [0.5, 0.6) is 0 Å². The predicted octanol–water partition coefficient (Wildman–Crippen LogP) is 5.08.